The van der Waals surface area contributed by atoms with Crippen molar-refractivity contribution in [2.75, 3.05) is 19.5 Å². The van der Waals surface area contributed by atoms with E-state index >= 15 is 0 Å². The Morgan fingerprint density at radius 1 is 1.58 bits per heavy atom. The molecular formula is C8H10N4. The Morgan fingerprint density at radius 3 is 2.92 bits per heavy atom. The van der Waals surface area contributed by atoms with Crippen molar-refractivity contribution >= 4 is 5.69 Å². The molecule has 0 saturated heterocycles. The highest BCUT2D eigenvalue weighted by atomic mass is 15.5. The van der Waals surface area contributed by atoms with Gasteiger partial charge in [-0.25, -0.2) is 9.99 Å². The van der Waals surface area contributed by atoms with Gasteiger partial charge in [0.25, 0.3) is 0 Å². The van der Waals surface area contributed by atoms with Gasteiger partial charge in [0.05, 0.1) is 5.69 Å². The first-order valence-corrected chi connectivity index (χ1v) is 3.53. The van der Waals surface area contributed by atoms with Crippen molar-refractivity contribution in [2.24, 2.45) is 0 Å². The van der Waals surface area contributed by atoms with Crippen LogP contribution in [-0.4, -0.2) is 24.1 Å². The lowest BCUT2D eigenvalue weighted by molar-refractivity contribution is 0.495. The Balaban J connectivity index is 2.91. The minimum Gasteiger partial charge on any atom is -0.317 e. The van der Waals surface area contributed by atoms with Crippen molar-refractivity contribution in [2.45, 2.75) is 0 Å². The molecular weight excluding hydrogens is 152 g/mol. The molecule has 62 valence electrons. The third-order valence-electron chi connectivity index (χ3n) is 1.26. The molecule has 1 heterocycles. The molecule has 1 rings (SSSR count). The average molecular weight is 162 g/mol. The minimum atomic E-state index is 0.409. The van der Waals surface area contributed by atoms with Gasteiger partial charge in [-0.2, -0.15) is 5.26 Å². The second kappa shape index (κ2) is 3.69. The molecule has 0 unspecified atom stereocenters. The van der Waals surface area contributed by atoms with Crippen LogP contribution in [-0.2, 0) is 0 Å². The van der Waals surface area contributed by atoms with E-state index in [1.54, 1.807) is 17.3 Å². The lowest BCUT2D eigenvalue weighted by Gasteiger charge is -2.13. The molecule has 0 fully saturated rings. The van der Waals surface area contributed by atoms with Gasteiger partial charge in [0, 0.05) is 20.3 Å². The van der Waals surface area contributed by atoms with E-state index in [2.05, 4.69) is 10.4 Å². The molecule has 1 aromatic rings. The van der Waals surface area contributed by atoms with E-state index in [1.165, 1.54) is 0 Å². The summed E-state index contributed by atoms with van der Waals surface area (Å²) in [5.41, 5.74) is 4.11. The third-order valence-corrected chi connectivity index (χ3v) is 1.26. The standard InChI is InChI=1S/C8H10N4/c1-12(2)11-7-4-3-5-10-8(7)6-9/h3-5,11H,1-2H3. The lowest BCUT2D eigenvalue weighted by atomic mass is 10.3. The number of nitriles is 1. The fraction of sp³-hybridized carbons (Fsp3) is 0.250. The molecule has 12 heavy (non-hydrogen) atoms. The molecule has 4 nitrogen and oxygen atoms in total. The highest BCUT2D eigenvalue weighted by Gasteiger charge is 2.00. The molecule has 0 saturated carbocycles. The van der Waals surface area contributed by atoms with Crippen LogP contribution >= 0.6 is 0 Å². The van der Waals surface area contributed by atoms with Crippen LogP contribution in [0.5, 0.6) is 0 Å². The molecule has 1 N–H and O–H groups in total. The number of hydrogen-bond acceptors (Lipinski definition) is 4. The van der Waals surface area contributed by atoms with Crippen LogP contribution in [0.4, 0.5) is 5.69 Å². The maximum Gasteiger partial charge on any atom is 0.164 e. The van der Waals surface area contributed by atoms with Crippen molar-refractivity contribution in [3.63, 3.8) is 0 Å². The number of pyridine rings is 1. The quantitative estimate of drug-likeness (QED) is 0.655. The Morgan fingerprint density at radius 2 is 2.33 bits per heavy atom. The summed E-state index contributed by atoms with van der Waals surface area (Å²) in [6, 6.07) is 5.60. The van der Waals surface area contributed by atoms with Crippen LogP contribution in [0.25, 0.3) is 0 Å². The zero-order valence-corrected chi connectivity index (χ0v) is 7.07. The summed E-state index contributed by atoms with van der Waals surface area (Å²) in [5.74, 6) is 0. The van der Waals surface area contributed by atoms with Crippen LogP contribution in [0.15, 0.2) is 18.3 Å². The summed E-state index contributed by atoms with van der Waals surface area (Å²) in [7, 11) is 3.71. The number of nitrogens with zero attached hydrogens (tertiary/aromatic N) is 3. The van der Waals surface area contributed by atoms with E-state index in [4.69, 9.17) is 5.26 Å². The lowest BCUT2D eigenvalue weighted by Crippen LogP contribution is -2.20. The van der Waals surface area contributed by atoms with Crippen molar-refractivity contribution in [3.05, 3.63) is 24.0 Å². The highest BCUT2D eigenvalue weighted by molar-refractivity contribution is 5.52. The maximum absolute atomic E-state index is 8.66. The summed E-state index contributed by atoms with van der Waals surface area (Å²) in [5, 5.41) is 10.4. The molecule has 0 spiro atoms. The number of hydrogen-bond donors (Lipinski definition) is 1. The van der Waals surface area contributed by atoms with Gasteiger partial charge in [0.15, 0.2) is 5.69 Å². The molecule has 0 aromatic carbocycles. The zero-order valence-electron chi connectivity index (χ0n) is 7.07. The average Bonchev–Trinajstić information content (AvgIpc) is 2.04. The zero-order chi connectivity index (χ0) is 8.97. The van der Waals surface area contributed by atoms with Crippen LogP contribution < -0.4 is 5.43 Å². The third kappa shape index (κ3) is 1.94. The van der Waals surface area contributed by atoms with Crippen LogP contribution in [0.1, 0.15) is 5.69 Å². The molecule has 0 bridgehead atoms. The van der Waals surface area contributed by atoms with E-state index in [9.17, 15) is 0 Å². The van der Waals surface area contributed by atoms with E-state index in [0.717, 1.165) is 5.69 Å². The van der Waals surface area contributed by atoms with Crippen molar-refractivity contribution in [1.82, 2.24) is 9.99 Å². The van der Waals surface area contributed by atoms with Gasteiger partial charge in [-0.05, 0) is 12.1 Å². The molecule has 0 aliphatic heterocycles. The van der Waals surface area contributed by atoms with Gasteiger partial charge >= 0.3 is 0 Å². The van der Waals surface area contributed by atoms with Crippen molar-refractivity contribution in [1.29, 1.82) is 5.26 Å². The number of nitrogens with one attached hydrogen (secondary N) is 1. The van der Waals surface area contributed by atoms with Crippen LogP contribution in [0.2, 0.25) is 0 Å². The predicted molar refractivity (Wildman–Crippen MR) is 46.3 cm³/mol. The molecule has 0 radical (unpaired) electrons. The summed E-state index contributed by atoms with van der Waals surface area (Å²) < 4.78 is 0. The molecule has 0 amide bonds. The van der Waals surface area contributed by atoms with E-state index in [1.807, 2.05) is 26.2 Å². The van der Waals surface area contributed by atoms with Crippen molar-refractivity contribution in [3.8, 4) is 6.07 Å². The number of aromatic nitrogens is 1. The Kier molecular flexibility index (Phi) is 2.62. The summed E-state index contributed by atoms with van der Waals surface area (Å²) in [6.45, 7) is 0. The normalized spacial score (nSPS) is 9.50. The van der Waals surface area contributed by atoms with Crippen LogP contribution in [0, 0.1) is 11.3 Å². The van der Waals surface area contributed by atoms with Gasteiger partial charge in [-0.3, -0.25) is 0 Å². The van der Waals surface area contributed by atoms with E-state index < -0.39 is 0 Å². The molecule has 1 aromatic heterocycles. The molecule has 0 aliphatic carbocycles. The SMILES string of the molecule is CN(C)Nc1cccnc1C#N. The maximum atomic E-state index is 8.66. The Hall–Kier alpha value is -1.60. The Bertz CT molecular complexity index is 300. The van der Waals surface area contributed by atoms with Crippen molar-refractivity contribution < 1.29 is 0 Å². The Labute approximate surface area is 71.4 Å². The number of hydrazine groups is 1. The van der Waals surface area contributed by atoms with Gasteiger partial charge in [-0.1, -0.05) is 0 Å². The monoisotopic (exact) mass is 162 g/mol. The topological polar surface area (TPSA) is 52.0 Å². The number of rotatable bonds is 2. The first-order chi connectivity index (χ1) is 5.74. The van der Waals surface area contributed by atoms with E-state index in [-0.39, 0.29) is 0 Å². The summed E-state index contributed by atoms with van der Waals surface area (Å²) >= 11 is 0. The molecule has 0 aliphatic rings. The summed E-state index contributed by atoms with van der Waals surface area (Å²) in [6.07, 6.45) is 1.60. The minimum absolute atomic E-state index is 0.409. The second-order valence-electron chi connectivity index (χ2n) is 2.52. The number of anilines is 1. The summed E-state index contributed by atoms with van der Waals surface area (Å²) in [4.78, 5) is 3.90. The molecule has 4 heteroatoms. The first-order valence-electron chi connectivity index (χ1n) is 3.53. The van der Waals surface area contributed by atoms with Gasteiger partial charge in [0.2, 0.25) is 0 Å². The largest absolute Gasteiger partial charge is 0.317 e. The fourth-order valence-corrected chi connectivity index (χ4v) is 0.826. The van der Waals surface area contributed by atoms with Gasteiger partial charge in [-0.15, -0.1) is 0 Å². The predicted octanol–water partition coefficient (Wildman–Crippen LogP) is 0.842. The van der Waals surface area contributed by atoms with Gasteiger partial charge < -0.3 is 5.43 Å². The second-order valence-corrected chi connectivity index (χ2v) is 2.52. The van der Waals surface area contributed by atoms with Crippen LogP contribution in [0.3, 0.4) is 0 Å². The smallest absolute Gasteiger partial charge is 0.164 e. The highest BCUT2D eigenvalue weighted by Crippen LogP contribution is 2.09. The van der Waals surface area contributed by atoms with Gasteiger partial charge in [0.1, 0.15) is 6.07 Å². The fourth-order valence-electron chi connectivity index (χ4n) is 0.826. The molecule has 0 atom stereocenters. The van der Waals surface area contributed by atoms with E-state index in [0.29, 0.717) is 5.69 Å². The first kappa shape index (κ1) is 8.50.